The maximum Gasteiger partial charge on any atom is 0.231 e. The molecule has 0 amide bonds. The Morgan fingerprint density at radius 2 is 2.05 bits per heavy atom. The van der Waals surface area contributed by atoms with Crippen molar-refractivity contribution in [1.82, 2.24) is 9.97 Å². The maximum absolute atomic E-state index is 12.8. The summed E-state index contributed by atoms with van der Waals surface area (Å²) in [7, 11) is 0. The van der Waals surface area contributed by atoms with Crippen LogP contribution in [-0.4, -0.2) is 22.5 Å². The molecule has 112 valence electrons. The summed E-state index contributed by atoms with van der Waals surface area (Å²) in [5, 5.41) is 0. The lowest BCUT2D eigenvalue weighted by molar-refractivity contribution is -0.120. The Morgan fingerprint density at radius 3 is 2.82 bits per heavy atom. The van der Waals surface area contributed by atoms with Crippen molar-refractivity contribution in [3.63, 3.8) is 0 Å². The molecule has 1 fully saturated rings. The molecular weight excluding hydrogens is 280 g/mol. The molecule has 0 saturated heterocycles. The number of hydrogen-bond acceptors (Lipinski definition) is 5. The third-order valence-electron chi connectivity index (χ3n) is 4.37. The molecule has 1 aromatic heterocycles. The van der Waals surface area contributed by atoms with Gasteiger partial charge in [0.05, 0.1) is 11.8 Å². The van der Waals surface area contributed by atoms with Crippen molar-refractivity contribution in [3.8, 4) is 11.5 Å². The number of nitrogens with zero attached hydrogens (tertiary/aromatic N) is 2. The molecule has 1 aliphatic carbocycles. The molecule has 0 radical (unpaired) electrons. The van der Waals surface area contributed by atoms with Gasteiger partial charge in [0.2, 0.25) is 6.79 Å². The lowest BCUT2D eigenvalue weighted by Crippen LogP contribution is -2.23. The highest BCUT2D eigenvalue weighted by atomic mass is 16.7. The van der Waals surface area contributed by atoms with Crippen LogP contribution < -0.4 is 9.47 Å². The van der Waals surface area contributed by atoms with E-state index in [0.29, 0.717) is 5.82 Å². The van der Waals surface area contributed by atoms with Crippen LogP contribution in [0.25, 0.3) is 0 Å². The number of ketones is 1. The van der Waals surface area contributed by atoms with Crippen molar-refractivity contribution < 1.29 is 14.3 Å². The SMILES string of the molecule is Cc1ccnc(CC(=O)C2(c3ccc4c(c3)OCO4)CC2)n1. The van der Waals surface area contributed by atoms with E-state index in [1.54, 1.807) is 6.20 Å². The average molecular weight is 296 g/mol. The molecule has 1 aromatic carbocycles. The number of carbonyl (C=O) groups is 1. The molecule has 2 aliphatic rings. The summed E-state index contributed by atoms with van der Waals surface area (Å²) >= 11 is 0. The van der Waals surface area contributed by atoms with Crippen molar-refractivity contribution >= 4 is 5.78 Å². The van der Waals surface area contributed by atoms with Crippen molar-refractivity contribution in [2.24, 2.45) is 0 Å². The van der Waals surface area contributed by atoms with E-state index in [2.05, 4.69) is 9.97 Å². The zero-order chi connectivity index (χ0) is 15.2. The number of Topliss-reactive ketones (excluding diaryl/α,β-unsaturated/α-hetero) is 1. The van der Waals surface area contributed by atoms with E-state index in [0.717, 1.165) is 35.6 Å². The molecule has 5 heteroatoms. The van der Waals surface area contributed by atoms with Gasteiger partial charge >= 0.3 is 0 Å². The number of hydrogen-bond donors (Lipinski definition) is 0. The molecule has 0 N–H and O–H groups in total. The van der Waals surface area contributed by atoms with E-state index in [1.807, 2.05) is 31.2 Å². The average Bonchev–Trinajstić information content (AvgIpc) is 3.19. The van der Waals surface area contributed by atoms with Crippen LogP contribution in [0.1, 0.15) is 29.9 Å². The Morgan fingerprint density at radius 1 is 1.23 bits per heavy atom. The summed E-state index contributed by atoms with van der Waals surface area (Å²) < 4.78 is 10.7. The number of ether oxygens (including phenoxy) is 2. The van der Waals surface area contributed by atoms with Crippen molar-refractivity contribution in [2.75, 3.05) is 6.79 Å². The van der Waals surface area contributed by atoms with Crippen LogP contribution >= 0.6 is 0 Å². The first kappa shape index (κ1) is 13.2. The van der Waals surface area contributed by atoms with Crippen LogP contribution in [-0.2, 0) is 16.6 Å². The highest BCUT2D eigenvalue weighted by molar-refractivity contribution is 5.94. The molecule has 0 bridgehead atoms. The van der Waals surface area contributed by atoms with Crippen LogP contribution in [0.3, 0.4) is 0 Å². The number of fused-ring (bicyclic) bond motifs is 1. The fourth-order valence-electron chi connectivity index (χ4n) is 2.95. The molecule has 0 atom stereocenters. The summed E-state index contributed by atoms with van der Waals surface area (Å²) in [5.74, 6) is 2.24. The van der Waals surface area contributed by atoms with Crippen LogP contribution in [0.2, 0.25) is 0 Å². The van der Waals surface area contributed by atoms with E-state index in [-0.39, 0.29) is 19.0 Å². The second-order valence-corrected chi connectivity index (χ2v) is 5.86. The molecule has 1 saturated carbocycles. The van der Waals surface area contributed by atoms with Gasteiger partial charge < -0.3 is 9.47 Å². The van der Waals surface area contributed by atoms with Gasteiger partial charge in [-0.1, -0.05) is 6.07 Å². The van der Waals surface area contributed by atoms with Gasteiger partial charge in [-0.25, -0.2) is 9.97 Å². The molecule has 22 heavy (non-hydrogen) atoms. The third-order valence-corrected chi connectivity index (χ3v) is 4.37. The fraction of sp³-hybridized carbons (Fsp3) is 0.353. The zero-order valence-corrected chi connectivity index (χ0v) is 12.3. The summed E-state index contributed by atoms with van der Waals surface area (Å²) in [6, 6.07) is 7.62. The first-order valence-corrected chi connectivity index (χ1v) is 7.39. The number of aryl methyl sites for hydroxylation is 1. The molecular formula is C17H16N2O3. The van der Waals surface area contributed by atoms with E-state index in [9.17, 15) is 4.79 Å². The van der Waals surface area contributed by atoms with E-state index in [4.69, 9.17) is 9.47 Å². The smallest absolute Gasteiger partial charge is 0.231 e. The molecule has 1 aliphatic heterocycles. The largest absolute Gasteiger partial charge is 0.454 e. The second-order valence-electron chi connectivity index (χ2n) is 5.86. The Bertz CT molecular complexity index is 753. The van der Waals surface area contributed by atoms with Crippen LogP contribution in [0, 0.1) is 6.92 Å². The highest BCUT2D eigenvalue weighted by Gasteiger charge is 2.51. The first-order chi connectivity index (χ1) is 10.7. The Labute approximate surface area is 128 Å². The van der Waals surface area contributed by atoms with Crippen molar-refractivity contribution in [3.05, 3.63) is 47.5 Å². The van der Waals surface area contributed by atoms with Gasteiger partial charge in [0, 0.05) is 11.9 Å². The minimum atomic E-state index is -0.395. The number of carbonyl (C=O) groups excluding carboxylic acids is 1. The summed E-state index contributed by atoms with van der Waals surface area (Å²) in [5.41, 5.74) is 1.49. The molecule has 0 unspecified atom stereocenters. The monoisotopic (exact) mass is 296 g/mol. The van der Waals surface area contributed by atoms with Gasteiger partial charge in [-0.3, -0.25) is 4.79 Å². The minimum Gasteiger partial charge on any atom is -0.454 e. The predicted octanol–water partition coefficient (Wildman–Crippen LogP) is 2.36. The van der Waals surface area contributed by atoms with E-state index in [1.165, 1.54) is 0 Å². The standard InChI is InChI=1S/C17H16N2O3/c1-11-4-7-18-16(19-11)9-15(20)17(5-6-17)12-2-3-13-14(8-12)22-10-21-13/h2-4,7-8H,5-6,9-10H2,1H3. The Hall–Kier alpha value is -2.43. The Balaban J connectivity index is 1.60. The van der Waals surface area contributed by atoms with Crippen LogP contribution in [0.4, 0.5) is 0 Å². The number of aromatic nitrogens is 2. The van der Waals surface area contributed by atoms with Gasteiger partial charge in [-0.2, -0.15) is 0 Å². The molecule has 5 nitrogen and oxygen atoms in total. The minimum absolute atomic E-state index is 0.178. The number of benzene rings is 1. The lowest BCUT2D eigenvalue weighted by Gasteiger charge is -2.14. The lowest BCUT2D eigenvalue weighted by atomic mass is 9.89. The molecule has 2 heterocycles. The normalized spacial score (nSPS) is 17.3. The van der Waals surface area contributed by atoms with Gasteiger partial charge in [0.25, 0.3) is 0 Å². The molecule has 0 spiro atoms. The predicted molar refractivity (Wildman–Crippen MR) is 79.0 cm³/mol. The number of rotatable bonds is 4. The topological polar surface area (TPSA) is 61.3 Å². The summed E-state index contributed by atoms with van der Waals surface area (Å²) in [6.45, 7) is 2.15. The van der Waals surface area contributed by atoms with E-state index < -0.39 is 5.41 Å². The van der Waals surface area contributed by atoms with Gasteiger partial charge in [-0.15, -0.1) is 0 Å². The van der Waals surface area contributed by atoms with E-state index >= 15 is 0 Å². The summed E-state index contributed by atoms with van der Waals surface area (Å²) in [6.07, 6.45) is 3.72. The molecule has 2 aromatic rings. The maximum atomic E-state index is 12.8. The first-order valence-electron chi connectivity index (χ1n) is 7.39. The Kier molecular flexibility index (Phi) is 2.89. The quantitative estimate of drug-likeness (QED) is 0.866. The molecule has 4 rings (SSSR count). The highest BCUT2D eigenvalue weighted by Crippen LogP contribution is 2.51. The van der Waals surface area contributed by atoms with Crippen molar-refractivity contribution in [1.29, 1.82) is 0 Å². The van der Waals surface area contributed by atoms with Gasteiger partial charge in [-0.05, 0) is 43.5 Å². The van der Waals surface area contributed by atoms with Crippen molar-refractivity contribution in [2.45, 2.75) is 31.6 Å². The summed E-state index contributed by atoms with van der Waals surface area (Å²) in [4.78, 5) is 21.3. The fourth-order valence-corrected chi connectivity index (χ4v) is 2.95. The van der Waals surface area contributed by atoms with Crippen LogP contribution in [0.15, 0.2) is 30.5 Å². The zero-order valence-electron chi connectivity index (χ0n) is 12.3. The third kappa shape index (κ3) is 2.13. The second kappa shape index (κ2) is 4.80. The van der Waals surface area contributed by atoms with Gasteiger partial charge in [0.15, 0.2) is 17.3 Å². The van der Waals surface area contributed by atoms with Crippen LogP contribution in [0.5, 0.6) is 11.5 Å². The van der Waals surface area contributed by atoms with Gasteiger partial charge in [0.1, 0.15) is 5.82 Å².